The molecule has 0 saturated heterocycles. The van der Waals surface area contributed by atoms with Gasteiger partial charge in [-0.05, 0) is 24.7 Å². The quantitative estimate of drug-likeness (QED) is 0.838. The lowest BCUT2D eigenvalue weighted by Crippen LogP contribution is -2.44. The molecule has 0 aromatic carbocycles. The summed E-state index contributed by atoms with van der Waals surface area (Å²) in [6.45, 7) is 6.98. The van der Waals surface area contributed by atoms with Gasteiger partial charge in [0.05, 0.1) is 5.92 Å². The third-order valence-corrected chi connectivity index (χ3v) is 3.96. The number of amides is 1. The summed E-state index contributed by atoms with van der Waals surface area (Å²) >= 11 is 0. The van der Waals surface area contributed by atoms with Crippen LogP contribution in [-0.4, -0.2) is 30.4 Å². The molecule has 0 aromatic rings. The average Bonchev–Trinajstić information content (AvgIpc) is 2.34. The lowest BCUT2D eigenvalue weighted by Gasteiger charge is -2.35. The molecule has 3 nitrogen and oxygen atoms in total. The SMILES string of the molecule is CN(C(=O)C(CN)CC(C)(C)C)C1CCCCC1. The second-order valence-electron chi connectivity index (χ2n) is 6.94. The average molecular weight is 254 g/mol. The van der Waals surface area contributed by atoms with Gasteiger partial charge in [-0.3, -0.25) is 4.79 Å². The van der Waals surface area contributed by atoms with Crippen molar-refractivity contribution < 1.29 is 4.79 Å². The van der Waals surface area contributed by atoms with E-state index in [1.54, 1.807) is 0 Å². The van der Waals surface area contributed by atoms with Crippen LogP contribution in [0, 0.1) is 11.3 Å². The minimum Gasteiger partial charge on any atom is -0.342 e. The number of carbonyl (C=O) groups is 1. The highest BCUT2D eigenvalue weighted by Crippen LogP contribution is 2.27. The van der Waals surface area contributed by atoms with Crippen molar-refractivity contribution in [2.75, 3.05) is 13.6 Å². The molecule has 1 atom stereocenters. The van der Waals surface area contributed by atoms with Crippen molar-refractivity contribution in [2.24, 2.45) is 17.1 Å². The van der Waals surface area contributed by atoms with Gasteiger partial charge in [-0.1, -0.05) is 40.0 Å². The molecule has 1 fully saturated rings. The van der Waals surface area contributed by atoms with Crippen LogP contribution in [0.4, 0.5) is 0 Å². The molecule has 2 N–H and O–H groups in total. The van der Waals surface area contributed by atoms with Crippen molar-refractivity contribution in [1.82, 2.24) is 4.90 Å². The molecule has 0 aromatic heterocycles. The summed E-state index contributed by atoms with van der Waals surface area (Å²) in [4.78, 5) is 14.5. The van der Waals surface area contributed by atoms with Gasteiger partial charge in [0.15, 0.2) is 0 Å². The van der Waals surface area contributed by atoms with Gasteiger partial charge in [0.25, 0.3) is 0 Å². The Balaban J connectivity index is 2.59. The van der Waals surface area contributed by atoms with Crippen molar-refractivity contribution >= 4 is 5.91 Å². The largest absolute Gasteiger partial charge is 0.342 e. The number of nitrogens with two attached hydrogens (primary N) is 1. The zero-order valence-electron chi connectivity index (χ0n) is 12.5. The first-order valence-corrected chi connectivity index (χ1v) is 7.32. The third-order valence-electron chi connectivity index (χ3n) is 3.96. The van der Waals surface area contributed by atoms with E-state index >= 15 is 0 Å². The minimum absolute atomic E-state index is 0.0167. The van der Waals surface area contributed by atoms with Gasteiger partial charge in [0.1, 0.15) is 0 Å². The van der Waals surface area contributed by atoms with Crippen molar-refractivity contribution in [3.05, 3.63) is 0 Å². The first-order chi connectivity index (χ1) is 8.35. The van der Waals surface area contributed by atoms with Crippen LogP contribution >= 0.6 is 0 Å². The Labute approximate surface area is 112 Å². The molecule has 1 unspecified atom stereocenters. The van der Waals surface area contributed by atoms with Gasteiger partial charge in [0.2, 0.25) is 5.91 Å². The Morgan fingerprint density at radius 2 is 1.83 bits per heavy atom. The smallest absolute Gasteiger partial charge is 0.226 e. The highest BCUT2D eigenvalue weighted by atomic mass is 16.2. The Morgan fingerprint density at radius 1 is 1.28 bits per heavy atom. The van der Waals surface area contributed by atoms with Crippen LogP contribution in [0.1, 0.15) is 59.3 Å². The predicted octanol–water partition coefficient (Wildman–Crippen LogP) is 2.79. The number of hydrogen-bond acceptors (Lipinski definition) is 2. The lowest BCUT2D eigenvalue weighted by molar-refractivity contribution is -0.137. The van der Waals surface area contributed by atoms with E-state index in [4.69, 9.17) is 5.73 Å². The van der Waals surface area contributed by atoms with Gasteiger partial charge in [-0.15, -0.1) is 0 Å². The van der Waals surface area contributed by atoms with Crippen molar-refractivity contribution in [3.63, 3.8) is 0 Å². The minimum atomic E-state index is -0.0167. The van der Waals surface area contributed by atoms with E-state index in [9.17, 15) is 4.79 Å². The number of rotatable bonds is 4. The highest BCUT2D eigenvalue weighted by Gasteiger charge is 2.29. The molecule has 18 heavy (non-hydrogen) atoms. The Bertz CT molecular complexity index is 264. The third kappa shape index (κ3) is 4.60. The van der Waals surface area contributed by atoms with Crippen molar-refractivity contribution in [1.29, 1.82) is 0 Å². The van der Waals surface area contributed by atoms with Gasteiger partial charge in [-0.2, -0.15) is 0 Å². The number of nitrogens with zero attached hydrogens (tertiary/aromatic N) is 1. The van der Waals surface area contributed by atoms with Crippen LogP contribution in [0.25, 0.3) is 0 Å². The fourth-order valence-electron chi connectivity index (χ4n) is 2.95. The molecule has 106 valence electrons. The standard InChI is InChI=1S/C15H30N2O/c1-15(2,3)10-12(11-16)14(18)17(4)13-8-6-5-7-9-13/h12-13H,5-11,16H2,1-4H3. The lowest BCUT2D eigenvalue weighted by atomic mass is 9.83. The van der Waals surface area contributed by atoms with Crippen LogP contribution in [0.5, 0.6) is 0 Å². The molecule has 1 aliphatic carbocycles. The predicted molar refractivity (Wildman–Crippen MR) is 76.3 cm³/mol. The van der Waals surface area contributed by atoms with Gasteiger partial charge in [0, 0.05) is 19.6 Å². The molecule has 0 aliphatic heterocycles. The van der Waals surface area contributed by atoms with E-state index in [2.05, 4.69) is 20.8 Å². The van der Waals surface area contributed by atoms with E-state index in [-0.39, 0.29) is 17.2 Å². The van der Waals surface area contributed by atoms with E-state index in [1.165, 1.54) is 19.3 Å². The molecule has 0 radical (unpaired) electrons. The normalized spacial score (nSPS) is 19.6. The second kappa shape index (κ2) is 6.55. The summed E-state index contributed by atoms with van der Waals surface area (Å²) in [7, 11) is 1.96. The van der Waals surface area contributed by atoms with Crippen molar-refractivity contribution in [3.8, 4) is 0 Å². The molecule has 1 rings (SSSR count). The second-order valence-corrected chi connectivity index (χ2v) is 6.94. The highest BCUT2D eigenvalue weighted by molar-refractivity contribution is 5.79. The van der Waals surface area contributed by atoms with E-state index in [1.807, 2.05) is 11.9 Å². The summed E-state index contributed by atoms with van der Waals surface area (Å²) in [6, 6.07) is 0.445. The molecule has 1 aliphatic rings. The first-order valence-electron chi connectivity index (χ1n) is 7.32. The van der Waals surface area contributed by atoms with E-state index < -0.39 is 0 Å². The number of carbonyl (C=O) groups excluding carboxylic acids is 1. The van der Waals surface area contributed by atoms with Gasteiger partial charge < -0.3 is 10.6 Å². The van der Waals surface area contributed by atoms with E-state index in [0.29, 0.717) is 12.6 Å². The topological polar surface area (TPSA) is 46.3 Å². The Morgan fingerprint density at radius 3 is 2.28 bits per heavy atom. The Hall–Kier alpha value is -0.570. The van der Waals surface area contributed by atoms with Crippen LogP contribution < -0.4 is 5.73 Å². The molecule has 1 amide bonds. The molecular formula is C15H30N2O. The van der Waals surface area contributed by atoms with Crippen LogP contribution in [0.3, 0.4) is 0 Å². The summed E-state index contributed by atoms with van der Waals surface area (Å²) in [5.74, 6) is 0.233. The molecule has 1 saturated carbocycles. The van der Waals surface area contributed by atoms with Crippen LogP contribution in [0.2, 0.25) is 0 Å². The summed E-state index contributed by atoms with van der Waals surface area (Å²) in [5, 5.41) is 0. The Kier molecular flexibility index (Phi) is 5.64. The number of hydrogen-bond donors (Lipinski definition) is 1. The monoisotopic (exact) mass is 254 g/mol. The van der Waals surface area contributed by atoms with E-state index in [0.717, 1.165) is 19.3 Å². The maximum atomic E-state index is 12.5. The summed E-state index contributed by atoms with van der Waals surface area (Å²) in [5.41, 5.74) is 5.96. The molecule has 0 bridgehead atoms. The maximum absolute atomic E-state index is 12.5. The summed E-state index contributed by atoms with van der Waals surface area (Å²) in [6.07, 6.45) is 7.04. The maximum Gasteiger partial charge on any atom is 0.226 e. The molecule has 0 spiro atoms. The molecule has 3 heteroatoms. The van der Waals surface area contributed by atoms with Crippen LogP contribution in [0.15, 0.2) is 0 Å². The van der Waals surface area contributed by atoms with Crippen molar-refractivity contribution in [2.45, 2.75) is 65.3 Å². The molecule has 0 heterocycles. The first kappa shape index (κ1) is 15.5. The van der Waals surface area contributed by atoms with Gasteiger partial charge >= 0.3 is 0 Å². The zero-order chi connectivity index (χ0) is 13.8. The van der Waals surface area contributed by atoms with Gasteiger partial charge in [-0.25, -0.2) is 0 Å². The van der Waals surface area contributed by atoms with Crippen LogP contribution in [-0.2, 0) is 4.79 Å². The molecular weight excluding hydrogens is 224 g/mol. The zero-order valence-corrected chi connectivity index (χ0v) is 12.5. The fraction of sp³-hybridized carbons (Fsp3) is 0.933. The fourth-order valence-corrected chi connectivity index (χ4v) is 2.95. The summed E-state index contributed by atoms with van der Waals surface area (Å²) < 4.78 is 0.